The van der Waals surface area contributed by atoms with E-state index >= 15 is 4.39 Å². The number of nitrogens with one attached hydrogen (secondary N) is 1. The average Bonchev–Trinajstić information content (AvgIpc) is 3.56. The molecule has 1 N–H and O–H groups in total. The number of likely N-dealkylation sites (tertiary alicyclic amines) is 1. The van der Waals surface area contributed by atoms with Crippen molar-refractivity contribution in [1.29, 1.82) is 0 Å². The Kier molecular flexibility index (Phi) is 7.13. The Labute approximate surface area is 223 Å². The number of carbonyl (C=O) groups is 1. The lowest BCUT2D eigenvalue weighted by Crippen LogP contribution is -2.36. The molecule has 0 unspecified atom stereocenters. The molecule has 0 bridgehead atoms. The zero-order valence-electron chi connectivity index (χ0n) is 21.3. The fraction of sp³-hybridized carbons (Fsp3) is 0.462. The van der Waals surface area contributed by atoms with Gasteiger partial charge in [-0.15, -0.1) is 0 Å². The van der Waals surface area contributed by atoms with Crippen molar-refractivity contribution in [2.24, 2.45) is 5.92 Å². The summed E-state index contributed by atoms with van der Waals surface area (Å²) < 4.78 is 46.7. The average molecular weight is 548 g/mol. The van der Waals surface area contributed by atoms with Crippen molar-refractivity contribution in [3.8, 4) is 11.6 Å². The number of benzene rings is 1. The van der Waals surface area contributed by atoms with Crippen LogP contribution in [-0.2, 0) is 4.74 Å². The molecule has 1 aliphatic carbocycles. The lowest BCUT2D eigenvalue weighted by molar-refractivity contribution is 0.0274. The van der Waals surface area contributed by atoms with Gasteiger partial charge in [0, 0.05) is 19.0 Å². The van der Waals surface area contributed by atoms with Crippen LogP contribution in [0.3, 0.4) is 0 Å². The van der Waals surface area contributed by atoms with Gasteiger partial charge in [0.2, 0.25) is 0 Å². The van der Waals surface area contributed by atoms with E-state index in [0.717, 1.165) is 12.8 Å². The normalized spacial score (nSPS) is 17.5. The van der Waals surface area contributed by atoms with Gasteiger partial charge in [0.25, 0.3) is 5.88 Å². The molecule has 3 heterocycles. The van der Waals surface area contributed by atoms with Crippen LogP contribution in [0, 0.1) is 17.6 Å². The summed E-state index contributed by atoms with van der Waals surface area (Å²) in [4.78, 5) is 26.4. The molecule has 5 rings (SSSR count). The van der Waals surface area contributed by atoms with Gasteiger partial charge in [-0.1, -0.05) is 11.6 Å². The third kappa shape index (κ3) is 5.98. The molecule has 2 aromatic heterocycles. The predicted octanol–water partition coefficient (Wildman–Crippen LogP) is 5.88. The highest BCUT2D eigenvalue weighted by Crippen LogP contribution is 2.36. The van der Waals surface area contributed by atoms with Gasteiger partial charge < -0.3 is 24.4 Å². The summed E-state index contributed by atoms with van der Waals surface area (Å²) in [5.74, 6) is -0.798. The molecular formula is C26H28ClF2N5O4. The Morgan fingerprint density at radius 3 is 2.74 bits per heavy atom. The predicted molar refractivity (Wildman–Crippen MR) is 137 cm³/mol. The molecule has 2 aliphatic rings. The van der Waals surface area contributed by atoms with E-state index in [1.165, 1.54) is 23.4 Å². The molecule has 1 saturated heterocycles. The first kappa shape index (κ1) is 26.1. The molecule has 2 fully saturated rings. The first-order valence-corrected chi connectivity index (χ1v) is 12.8. The summed E-state index contributed by atoms with van der Waals surface area (Å²) in [5, 5.41) is 2.72. The number of fused-ring (bicyclic) bond motifs is 1. The van der Waals surface area contributed by atoms with Crippen molar-refractivity contribution in [2.45, 2.75) is 51.7 Å². The highest BCUT2D eigenvalue weighted by molar-refractivity contribution is 6.32. The lowest BCUT2D eigenvalue weighted by atomic mass is 10.2. The first-order valence-electron chi connectivity index (χ1n) is 12.4. The molecule has 9 nitrogen and oxygen atoms in total. The molecule has 1 atom stereocenters. The fourth-order valence-electron chi connectivity index (χ4n) is 3.95. The SMILES string of the molecule is CC(C)(C)OC(=O)N1CC[C@H](Oc2nc3c(Nc4ccc(OCC5CC5)c(Cl)c4F)ncnc3cc2F)C1. The summed E-state index contributed by atoms with van der Waals surface area (Å²) in [5.41, 5.74) is -0.203. The molecule has 12 heteroatoms. The zero-order valence-corrected chi connectivity index (χ0v) is 22.0. The number of hydrogen-bond donors (Lipinski definition) is 1. The lowest BCUT2D eigenvalue weighted by Gasteiger charge is -2.24. The van der Waals surface area contributed by atoms with Crippen LogP contribution in [0.1, 0.15) is 40.0 Å². The number of aromatic nitrogens is 3. The Hall–Kier alpha value is -3.47. The molecule has 1 aliphatic heterocycles. The van der Waals surface area contributed by atoms with Crippen LogP contribution in [0.25, 0.3) is 11.0 Å². The second-order valence-electron chi connectivity index (χ2n) is 10.4. The molecule has 0 spiro atoms. The number of pyridine rings is 1. The minimum Gasteiger partial charge on any atom is -0.492 e. The van der Waals surface area contributed by atoms with E-state index in [2.05, 4.69) is 20.3 Å². The number of amides is 1. The minimum atomic E-state index is -0.718. The van der Waals surface area contributed by atoms with Crippen molar-refractivity contribution in [2.75, 3.05) is 25.0 Å². The van der Waals surface area contributed by atoms with E-state index < -0.39 is 29.4 Å². The molecule has 1 saturated carbocycles. The van der Waals surface area contributed by atoms with Crippen LogP contribution < -0.4 is 14.8 Å². The second-order valence-corrected chi connectivity index (χ2v) is 10.8. The van der Waals surface area contributed by atoms with E-state index in [1.807, 2.05) is 0 Å². The summed E-state index contributed by atoms with van der Waals surface area (Å²) in [6.07, 6.45) is 2.95. The Bertz CT molecular complexity index is 1370. The number of carbonyl (C=O) groups excluding carboxylic acids is 1. The molecule has 0 radical (unpaired) electrons. The maximum absolute atomic E-state index is 15.0. The zero-order chi connectivity index (χ0) is 27.0. The van der Waals surface area contributed by atoms with E-state index in [0.29, 0.717) is 25.5 Å². The topological polar surface area (TPSA) is 98.7 Å². The van der Waals surface area contributed by atoms with Gasteiger partial charge in [0.1, 0.15) is 34.3 Å². The third-order valence-corrected chi connectivity index (χ3v) is 6.43. The number of rotatable bonds is 7. The van der Waals surface area contributed by atoms with Crippen LogP contribution in [0.5, 0.6) is 11.6 Å². The van der Waals surface area contributed by atoms with Crippen molar-refractivity contribution >= 4 is 40.2 Å². The summed E-state index contributed by atoms with van der Waals surface area (Å²) in [6.45, 7) is 6.49. The third-order valence-electron chi connectivity index (χ3n) is 6.08. The molecular weight excluding hydrogens is 520 g/mol. The largest absolute Gasteiger partial charge is 0.492 e. The molecule has 3 aromatic rings. The van der Waals surface area contributed by atoms with Crippen LogP contribution >= 0.6 is 11.6 Å². The summed E-state index contributed by atoms with van der Waals surface area (Å²) >= 11 is 6.20. The maximum atomic E-state index is 15.0. The number of ether oxygens (including phenoxy) is 3. The first-order chi connectivity index (χ1) is 18.1. The monoisotopic (exact) mass is 547 g/mol. The number of nitrogens with zero attached hydrogens (tertiary/aromatic N) is 4. The van der Waals surface area contributed by atoms with Crippen molar-refractivity contribution < 1.29 is 27.8 Å². The summed E-state index contributed by atoms with van der Waals surface area (Å²) in [6, 6.07) is 4.24. The van der Waals surface area contributed by atoms with E-state index in [9.17, 15) is 9.18 Å². The fourth-order valence-corrected chi connectivity index (χ4v) is 4.17. The van der Waals surface area contributed by atoms with E-state index in [-0.39, 0.29) is 45.7 Å². The van der Waals surface area contributed by atoms with E-state index in [4.69, 9.17) is 25.8 Å². The maximum Gasteiger partial charge on any atom is 0.410 e. The Morgan fingerprint density at radius 2 is 2.00 bits per heavy atom. The number of anilines is 2. The number of halogens is 3. The van der Waals surface area contributed by atoms with Gasteiger partial charge in [-0.25, -0.2) is 28.5 Å². The quantitative estimate of drug-likeness (QED) is 0.392. The van der Waals surface area contributed by atoms with Crippen molar-refractivity contribution in [1.82, 2.24) is 19.9 Å². The van der Waals surface area contributed by atoms with E-state index in [1.54, 1.807) is 26.8 Å². The van der Waals surface area contributed by atoms with Crippen LogP contribution in [0.15, 0.2) is 24.5 Å². The molecule has 202 valence electrons. The standard InChI is InChI=1S/C26H28ClF2N5O4/c1-26(2,3)38-25(35)34-9-8-15(11-34)37-24-16(28)10-18-22(33-24)23(31-13-30-18)32-17-6-7-19(20(27)21(17)29)36-12-14-4-5-14/h6-7,10,13-15H,4-5,8-9,11-12H2,1-3H3,(H,30,31,32)/t15-/m0/s1. The van der Waals surface area contributed by atoms with Gasteiger partial charge in [0.15, 0.2) is 17.5 Å². The smallest absolute Gasteiger partial charge is 0.410 e. The van der Waals surface area contributed by atoms with Crippen molar-refractivity contribution in [3.05, 3.63) is 41.2 Å². The Morgan fingerprint density at radius 1 is 1.21 bits per heavy atom. The summed E-state index contributed by atoms with van der Waals surface area (Å²) in [7, 11) is 0. The molecule has 38 heavy (non-hydrogen) atoms. The van der Waals surface area contributed by atoms with Crippen LogP contribution in [-0.4, -0.2) is 57.3 Å². The molecule has 1 aromatic carbocycles. The van der Waals surface area contributed by atoms with Crippen LogP contribution in [0.4, 0.5) is 25.1 Å². The van der Waals surface area contributed by atoms with Crippen molar-refractivity contribution in [3.63, 3.8) is 0 Å². The van der Waals surface area contributed by atoms with Gasteiger partial charge in [-0.3, -0.25) is 0 Å². The second kappa shape index (κ2) is 10.4. The van der Waals surface area contributed by atoms with Gasteiger partial charge in [-0.2, -0.15) is 0 Å². The minimum absolute atomic E-state index is 0.0474. The van der Waals surface area contributed by atoms with Gasteiger partial charge >= 0.3 is 6.09 Å². The van der Waals surface area contributed by atoms with Crippen LogP contribution in [0.2, 0.25) is 5.02 Å². The highest BCUT2D eigenvalue weighted by Gasteiger charge is 2.32. The molecule has 1 amide bonds. The number of hydrogen-bond acceptors (Lipinski definition) is 8. The Balaban J connectivity index is 1.33. The highest BCUT2D eigenvalue weighted by atomic mass is 35.5. The van der Waals surface area contributed by atoms with Gasteiger partial charge in [0.05, 0.1) is 24.4 Å². The van der Waals surface area contributed by atoms with Gasteiger partial charge in [-0.05, 0) is 51.7 Å².